The highest BCUT2D eigenvalue weighted by atomic mass is 19.4. The van der Waals surface area contributed by atoms with Gasteiger partial charge in [0.15, 0.2) is 6.10 Å². The molecule has 0 aliphatic carbocycles. The maximum absolute atomic E-state index is 12.2. The molecule has 1 rings (SSSR count). The lowest BCUT2D eigenvalue weighted by molar-refractivity contribution is -0.189. The Kier molecular flexibility index (Phi) is 3.80. The van der Waals surface area contributed by atoms with E-state index in [1.54, 1.807) is 13.0 Å². The normalized spacial score (nSPS) is 13.6. The summed E-state index contributed by atoms with van der Waals surface area (Å²) in [4.78, 5) is 0. The molecule has 90 valence electrons. The molecule has 1 atom stereocenters. The number of aryl methyl sites for hydroxylation is 1. The van der Waals surface area contributed by atoms with Crippen LogP contribution in [0.25, 0.3) is 0 Å². The average molecular weight is 234 g/mol. The number of benzene rings is 1. The zero-order valence-electron chi connectivity index (χ0n) is 9.01. The molecule has 1 aromatic carbocycles. The Morgan fingerprint density at radius 1 is 1.38 bits per heavy atom. The fourth-order valence-electron chi connectivity index (χ4n) is 1.20. The Labute approximate surface area is 91.7 Å². The lowest BCUT2D eigenvalue weighted by Gasteiger charge is -2.19. The second-order valence-electron chi connectivity index (χ2n) is 3.56. The molecule has 16 heavy (non-hydrogen) atoms. The van der Waals surface area contributed by atoms with Gasteiger partial charge < -0.3 is 9.84 Å². The Balaban J connectivity index is 2.82. The van der Waals surface area contributed by atoms with Crippen LogP contribution in [0.5, 0.6) is 5.75 Å². The van der Waals surface area contributed by atoms with Crippen molar-refractivity contribution in [3.8, 4) is 5.75 Å². The van der Waals surface area contributed by atoms with Gasteiger partial charge in [-0.25, -0.2) is 0 Å². The molecule has 1 N–H and O–H groups in total. The maximum atomic E-state index is 12.2. The van der Waals surface area contributed by atoms with Crippen LogP contribution >= 0.6 is 0 Å². The zero-order chi connectivity index (χ0) is 12.3. The molecule has 0 saturated heterocycles. The molecular formula is C11H13F3O2. The van der Waals surface area contributed by atoms with E-state index in [4.69, 9.17) is 9.84 Å². The highest BCUT2D eigenvalue weighted by molar-refractivity contribution is 5.36. The van der Waals surface area contributed by atoms with Gasteiger partial charge in [0.1, 0.15) is 5.75 Å². The third kappa shape index (κ3) is 3.13. The van der Waals surface area contributed by atoms with Gasteiger partial charge in [-0.05, 0) is 31.0 Å². The third-order valence-electron chi connectivity index (χ3n) is 2.19. The van der Waals surface area contributed by atoms with Crippen LogP contribution in [-0.2, 0) is 6.61 Å². The van der Waals surface area contributed by atoms with Gasteiger partial charge in [-0.3, -0.25) is 0 Å². The van der Waals surface area contributed by atoms with Gasteiger partial charge in [0.05, 0.1) is 6.61 Å². The summed E-state index contributed by atoms with van der Waals surface area (Å²) in [6, 6.07) is 4.56. The molecule has 0 unspecified atom stereocenters. The van der Waals surface area contributed by atoms with Crippen LogP contribution in [0.3, 0.4) is 0 Å². The van der Waals surface area contributed by atoms with Gasteiger partial charge in [-0.2, -0.15) is 13.2 Å². The molecular weight excluding hydrogens is 221 g/mol. The molecule has 1 aromatic rings. The van der Waals surface area contributed by atoms with Crippen molar-refractivity contribution in [2.75, 3.05) is 0 Å². The van der Waals surface area contributed by atoms with Crippen molar-refractivity contribution in [3.05, 3.63) is 29.3 Å². The quantitative estimate of drug-likeness (QED) is 0.871. The lowest BCUT2D eigenvalue weighted by Crippen LogP contribution is -2.31. The van der Waals surface area contributed by atoms with Gasteiger partial charge in [0.25, 0.3) is 0 Å². The number of halogens is 3. The maximum Gasteiger partial charge on any atom is 0.425 e. The average Bonchev–Trinajstić information content (AvgIpc) is 2.19. The first-order valence-electron chi connectivity index (χ1n) is 4.78. The van der Waals surface area contributed by atoms with Crippen molar-refractivity contribution in [1.82, 2.24) is 0 Å². The first-order chi connectivity index (χ1) is 7.34. The van der Waals surface area contributed by atoms with E-state index >= 15 is 0 Å². The fraction of sp³-hybridized carbons (Fsp3) is 0.455. The minimum Gasteiger partial charge on any atom is -0.481 e. The van der Waals surface area contributed by atoms with Crippen molar-refractivity contribution in [2.45, 2.75) is 32.7 Å². The molecule has 0 radical (unpaired) electrons. The monoisotopic (exact) mass is 234 g/mol. The van der Waals surface area contributed by atoms with Crippen LogP contribution in [0, 0.1) is 6.92 Å². The fourth-order valence-corrected chi connectivity index (χ4v) is 1.20. The number of aliphatic hydroxyl groups is 1. The highest BCUT2D eigenvalue weighted by Crippen LogP contribution is 2.27. The predicted octanol–water partition coefficient (Wildman–Crippen LogP) is 2.82. The Morgan fingerprint density at radius 3 is 2.44 bits per heavy atom. The first kappa shape index (κ1) is 12.8. The molecule has 0 aliphatic heterocycles. The second-order valence-corrected chi connectivity index (χ2v) is 3.56. The van der Waals surface area contributed by atoms with Gasteiger partial charge in [0.2, 0.25) is 0 Å². The zero-order valence-corrected chi connectivity index (χ0v) is 9.01. The molecule has 0 fully saturated rings. The van der Waals surface area contributed by atoms with E-state index in [2.05, 4.69) is 0 Å². The molecule has 0 heterocycles. The minimum atomic E-state index is -4.37. The van der Waals surface area contributed by atoms with Crippen molar-refractivity contribution in [3.63, 3.8) is 0 Å². The second kappa shape index (κ2) is 4.74. The summed E-state index contributed by atoms with van der Waals surface area (Å²) in [6.07, 6.45) is -6.21. The van der Waals surface area contributed by atoms with Crippen LogP contribution in [0.2, 0.25) is 0 Å². The third-order valence-corrected chi connectivity index (χ3v) is 2.19. The number of rotatable bonds is 3. The van der Waals surface area contributed by atoms with E-state index < -0.39 is 12.3 Å². The summed E-state index contributed by atoms with van der Waals surface area (Å²) in [5, 5.41) is 8.84. The van der Waals surface area contributed by atoms with Gasteiger partial charge in [-0.15, -0.1) is 0 Å². The predicted molar refractivity (Wildman–Crippen MR) is 53.2 cm³/mol. The highest BCUT2D eigenvalue weighted by Gasteiger charge is 2.38. The van der Waals surface area contributed by atoms with Crippen LogP contribution in [-0.4, -0.2) is 17.4 Å². The summed E-state index contributed by atoms with van der Waals surface area (Å²) in [5.41, 5.74) is 1.21. The number of hydrogen-bond donors (Lipinski definition) is 1. The molecule has 0 aliphatic rings. The van der Waals surface area contributed by atoms with Crippen LogP contribution in [0.4, 0.5) is 13.2 Å². The number of ether oxygens (including phenoxy) is 1. The number of alkyl halides is 3. The van der Waals surface area contributed by atoms with E-state index in [0.717, 1.165) is 6.92 Å². The smallest absolute Gasteiger partial charge is 0.425 e. The van der Waals surface area contributed by atoms with Crippen molar-refractivity contribution >= 4 is 0 Å². The molecule has 5 heteroatoms. The van der Waals surface area contributed by atoms with Gasteiger partial charge >= 0.3 is 6.18 Å². The van der Waals surface area contributed by atoms with Crippen molar-refractivity contribution in [2.24, 2.45) is 0 Å². The molecule has 0 bridgehead atoms. The lowest BCUT2D eigenvalue weighted by atomic mass is 10.1. The summed E-state index contributed by atoms with van der Waals surface area (Å²) in [6.45, 7) is 2.45. The number of hydrogen-bond acceptors (Lipinski definition) is 2. The van der Waals surface area contributed by atoms with Crippen LogP contribution in [0.15, 0.2) is 18.2 Å². The summed E-state index contributed by atoms with van der Waals surface area (Å²) < 4.78 is 41.5. The van der Waals surface area contributed by atoms with Crippen LogP contribution in [0.1, 0.15) is 18.1 Å². The molecule has 0 amide bonds. The topological polar surface area (TPSA) is 29.5 Å². The van der Waals surface area contributed by atoms with E-state index in [0.29, 0.717) is 11.1 Å². The SMILES string of the molecule is Cc1cc(CO)ccc1O[C@@H](C)C(F)(F)F. The molecule has 0 spiro atoms. The minimum absolute atomic E-state index is 0.143. The molecule has 0 saturated carbocycles. The largest absolute Gasteiger partial charge is 0.481 e. The standard InChI is InChI=1S/C11H13F3O2/c1-7-5-9(6-15)3-4-10(7)16-8(2)11(12,13)14/h3-5,8,15H,6H2,1-2H3/t8-/m0/s1. The van der Waals surface area contributed by atoms with Gasteiger partial charge in [0, 0.05) is 0 Å². The van der Waals surface area contributed by atoms with Crippen molar-refractivity contribution in [1.29, 1.82) is 0 Å². The van der Waals surface area contributed by atoms with Gasteiger partial charge in [-0.1, -0.05) is 12.1 Å². The van der Waals surface area contributed by atoms with E-state index in [9.17, 15) is 13.2 Å². The summed E-state index contributed by atoms with van der Waals surface area (Å²) >= 11 is 0. The Morgan fingerprint density at radius 2 is 2.00 bits per heavy atom. The van der Waals surface area contributed by atoms with E-state index in [1.165, 1.54) is 12.1 Å². The van der Waals surface area contributed by atoms with Crippen molar-refractivity contribution < 1.29 is 23.0 Å². The number of aliphatic hydroxyl groups excluding tert-OH is 1. The van der Waals surface area contributed by atoms with E-state index in [-0.39, 0.29) is 12.4 Å². The Bertz CT molecular complexity index is 361. The summed E-state index contributed by atoms with van der Waals surface area (Å²) in [5.74, 6) is 0.182. The molecule has 2 nitrogen and oxygen atoms in total. The molecule has 0 aromatic heterocycles. The Hall–Kier alpha value is -1.23. The summed E-state index contributed by atoms with van der Waals surface area (Å²) in [7, 11) is 0. The van der Waals surface area contributed by atoms with Crippen LogP contribution < -0.4 is 4.74 Å². The first-order valence-corrected chi connectivity index (χ1v) is 4.78. The van der Waals surface area contributed by atoms with E-state index in [1.807, 2.05) is 0 Å².